The van der Waals surface area contributed by atoms with E-state index in [2.05, 4.69) is 18.2 Å². The normalized spacial score (nSPS) is 17.8. The summed E-state index contributed by atoms with van der Waals surface area (Å²) in [6.07, 6.45) is 6.55. The Bertz CT molecular complexity index is 613. The molecule has 0 atom stereocenters. The number of likely N-dealkylation sites (tertiary alicyclic amines) is 1. The molecule has 1 aliphatic heterocycles. The Morgan fingerprint density at radius 3 is 2.43 bits per heavy atom. The van der Waals surface area contributed by atoms with Crippen LogP contribution in [0, 0.1) is 5.21 Å². The van der Waals surface area contributed by atoms with Gasteiger partial charge in [0.15, 0.2) is 0 Å². The molecular weight excluding hydrogens is 286 g/mol. The number of ether oxygens (including phenoxy) is 1. The first-order valence-electron chi connectivity index (χ1n) is 8.95. The molecule has 0 aromatic heterocycles. The number of hydroxylamine groups is 3. The minimum atomic E-state index is 0.0221. The number of fused-ring (bicyclic) bond motifs is 1. The van der Waals surface area contributed by atoms with Gasteiger partial charge in [-0.3, -0.25) is 0 Å². The average Bonchev–Trinajstić information content (AvgIpc) is 2.80. The van der Waals surface area contributed by atoms with Crippen molar-refractivity contribution < 1.29 is 9.38 Å². The largest absolute Gasteiger partial charge is 0.633 e. The molecule has 0 N–H and O–H groups in total. The van der Waals surface area contributed by atoms with Crippen LogP contribution in [0.2, 0.25) is 0 Å². The molecule has 1 fully saturated rings. The molecule has 0 bridgehead atoms. The van der Waals surface area contributed by atoms with E-state index in [0.29, 0.717) is 6.61 Å². The van der Waals surface area contributed by atoms with Crippen molar-refractivity contribution in [3.05, 3.63) is 47.7 Å². The molecule has 3 heteroatoms. The SMILES string of the molecule is [O-][N+]1(CCCCOc2cccc3ccccc23)CCCCCC1. The number of benzene rings is 2. The quantitative estimate of drug-likeness (QED) is 0.432. The fraction of sp³-hybridized carbons (Fsp3) is 0.500. The van der Waals surface area contributed by atoms with Crippen molar-refractivity contribution in [1.82, 2.24) is 0 Å². The first kappa shape index (κ1) is 16.3. The smallest absolute Gasteiger partial charge is 0.127 e. The van der Waals surface area contributed by atoms with Crippen LogP contribution >= 0.6 is 0 Å². The molecule has 1 aliphatic rings. The lowest BCUT2D eigenvalue weighted by Gasteiger charge is -2.42. The van der Waals surface area contributed by atoms with Gasteiger partial charge in [0.2, 0.25) is 0 Å². The van der Waals surface area contributed by atoms with Crippen molar-refractivity contribution >= 4 is 10.8 Å². The van der Waals surface area contributed by atoms with E-state index >= 15 is 0 Å². The molecule has 3 nitrogen and oxygen atoms in total. The molecule has 3 rings (SSSR count). The molecular formula is C20H27NO2. The number of hydrogen-bond acceptors (Lipinski definition) is 2. The second-order valence-electron chi connectivity index (χ2n) is 6.68. The summed E-state index contributed by atoms with van der Waals surface area (Å²) in [6.45, 7) is 3.06. The fourth-order valence-electron chi connectivity index (χ4n) is 3.49. The van der Waals surface area contributed by atoms with Crippen molar-refractivity contribution in [3.63, 3.8) is 0 Å². The van der Waals surface area contributed by atoms with E-state index in [0.717, 1.165) is 56.5 Å². The van der Waals surface area contributed by atoms with Crippen LogP contribution in [0.3, 0.4) is 0 Å². The van der Waals surface area contributed by atoms with E-state index in [9.17, 15) is 5.21 Å². The fourth-order valence-corrected chi connectivity index (χ4v) is 3.49. The molecule has 124 valence electrons. The van der Waals surface area contributed by atoms with Gasteiger partial charge in [0.25, 0.3) is 0 Å². The maximum absolute atomic E-state index is 12.6. The van der Waals surface area contributed by atoms with Gasteiger partial charge in [0.1, 0.15) is 5.75 Å². The van der Waals surface area contributed by atoms with Gasteiger partial charge >= 0.3 is 0 Å². The van der Waals surface area contributed by atoms with Gasteiger partial charge < -0.3 is 14.6 Å². The number of nitrogens with zero attached hydrogens (tertiary/aromatic N) is 1. The first-order chi connectivity index (χ1) is 11.3. The summed E-state index contributed by atoms with van der Waals surface area (Å²) in [5.41, 5.74) is 0. The van der Waals surface area contributed by atoms with Gasteiger partial charge in [-0.2, -0.15) is 0 Å². The molecule has 0 radical (unpaired) electrons. The van der Waals surface area contributed by atoms with E-state index < -0.39 is 0 Å². The number of hydrogen-bond donors (Lipinski definition) is 0. The third kappa shape index (κ3) is 4.46. The molecule has 0 unspecified atom stereocenters. The van der Waals surface area contributed by atoms with Crippen molar-refractivity contribution in [2.24, 2.45) is 0 Å². The highest BCUT2D eigenvalue weighted by molar-refractivity contribution is 5.88. The molecule has 2 aromatic carbocycles. The minimum Gasteiger partial charge on any atom is -0.633 e. The second-order valence-corrected chi connectivity index (χ2v) is 6.68. The van der Waals surface area contributed by atoms with Crippen LogP contribution in [0.1, 0.15) is 38.5 Å². The molecule has 23 heavy (non-hydrogen) atoms. The van der Waals surface area contributed by atoms with Crippen LogP contribution in [0.25, 0.3) is 10.8 Å². The third-order valence-electron chi connectivity index (χ3n) is 4.85. The van der Waals surface area contributed by atoms with Crippen molar-refractivity contribution in [3.8, 4) is 5.75 Å². The zero-order valence-electron chi connectivity index (χ0n) is 13.9. The summed E-state index contributed by atoms with van der Waals surface area (Å²) < 4.78 is 5.98. The summed E-state index contributed by atoms with van der Waals surface area (Å²) in [6, 6.07) is 14.5. The lowest BCUT2D eigenvalue weighted by atomic mass is 10.1. The Morgan fingerprint density at radius 1 is 0.870 bits per heavy atom. The Kier molecular flexibility index (Phi) is 5.52. The number of quaternary nitrogens is 1. The summed E-state index contributed by atoms with van der Waals surface area (Å²) in [5, 5.41) is 15.0. The predicted molar refractivity (Wildman–Crippen MR) is 95.4 cm³/mol. The minimum absolute atomic E-state index is 0.0221. The molecule has 0 saturated carbocycles. The first-order valence-corrected chi connectivity index (χ1v) is 8.95. The number of rotatable bonds is 6. The highest BCUT2D eigenvalue weighted by Crippen LogP contribution is 2.25. The summed E-state index contributed by atoms with van der Waals surface area (Å²) in [5.74, 6) is 0.948. The van der Waals surface area contributed by atoms with Gasteiger partial charge in [0.05, 0.1) is 26.2 Å². The second kappa shape index (κ2) is 7.80. The van der Waals surface area contributed by atoms with Crippen LogP contribution < -0.4 is 4.74 Å². The van der Waals surface area contributed by atoms with Gasteiger partial charge in [-0.1, -0.05) is 36.4 Å². The molecule has 1 saturated heterocycles. The maximum atomic E-state index is 12.6. The monoisotopic (exact) mass is 313 g/mol. The lowest BCUT2D eigenvalue weighted by molar-refractivity contribution is -0.880. The highest BCUT2D eigenvalue weighted by Gasteiger charge is 2.18. The molecule has 1 heterocycles. The third-order valence-corrected chi connectivity index (χ3v) is 4.85. The van der Waals surface area contributed by atoms with E-state index in [4.69, 9.17) is 4.74 Å². The van der Waals surface area contributed by atoms with Gasteiger partial charge in [-0.05, 0) is 43.6 Å². The van der Waals surface area contributed by atoms with Crippen molar-refractivity contribution in [1.29, 1.82) is 0 Å². The molecule has 0 aliphatic carbocycles. The van der Waals surface area contributed by atoms with E-state index in [-0.39, 0.29) is 4.65 Å². The summed E-state index contributed by atoms with van der Waals surface area (Å²) >= 11 is 0. The Labute approximate surface area is 139 Å². The van der Waals surface area contributed by atoms with E-state index in [1.54, 1.807) is 0 Å². The van der Waals surface area contributed by atoms with Gasteiger partial charge in [-0.25, -0.2) is 0 Å². The lowest BCUT2D eigenvalue weighted by Crippen LogP contribution is -2.43. The highest BCUT2D eigenvalue weighted by atomic mass is 16.5. The van der Waals surface area contributed by atoms with Gasteiger partial charge in [0, 0.05) is 11.8 Å². The van der Waals surface area contributed by atoms with Crippen LogP contribution in [0.5, 0.6) is 5.75 Å². The molecule has 2 aromatic rings. The zero-order chi connectivity index (χ0) is 16.0. The van der Waals surface area contributed by atoms with Crippen LogP contribution in [0.4, 0.5) is 0 Å². The summed E-state index contributed by atoms with van der Waals surface area (Å²) in [7, 11) is 0. The van der Waals surface area contributed by atoms with Crippen LogP contribution in [-0.2, 0) is 0 Å². The predicted octanol–water partition coefficient (Wildman–Crippen LogP) is 4.89. The zero-order valence-corrected chi connectivity index (χ0v) is 13.9. The molecule has 0 spiro atoms. The topological polar surface area (TPSA) is 32.3 Å². The van der Waals surface area contributed by atoms with Crippen molar-refractivity contribution in [2.45, 2.75) is 38.5 Å². The Balaban J connectivity index is 1.46. The average molecular weight is 313 g/mol. The maximum Gasteiger partial charge on any atom is 0.127 e. The number of unbranched alkanes of at least 4 members (excludes halogenated alkanes) is 1. The Morgan fingerprint density at radius 2 is 1.61 bits per heavy atom. The Hall–Kier alpha value is -1.58. The van der Waals surface area contributed by atoms with Crippen LogP contribution in [0.15, 0.2) is 42.5 Å². The van der Waals surface area contributed by atoms with E-state index in [1.165, 1.54) is 18.2 Å². The van der Waals surface area contributed by atoms with Gasteiger partial charge in [-0.15, -0.1) is 0 Å². The van der Waals surface area contributed by atoms with Crippen molar-refractivity contribution in [2.75, 3.05) is 26.2 Å². The van der Waals surface area contributed by atoms with Crippen LogP contribution in [-0.4, -0.2) is 30.9 Å². The van der Waals surface area contributed by atoms with E-state index in [1.807, 2.05) is 24.3 Å². The molecule has 0 amide bonds. The summed E-state index contributed by atoms with van der Waals surface area (Å²) in [4.78, 5) is 0. The standard InChI is InChI=1S/C20H27NO2/c22-21(14-5-1-2-6-15-21)16-7-8-17-23-20-13-9-11-18-10-3-4-12-19(18)20/h3-4,9-13H,1-2,5-8,14-17H2.